The summed E-state index contributed by atoms with van der Waals surface area (Å²) < 4.78 is 63.1. The molecule has 47 heavy (non-hydrogen) atoms. The number of nitrogens with one attached hydrogen (secondary N) is 1. The summed E-state index contributed by atoms with van der Waals surface area (Å²) in [6.07, 6.45) is 2.42. The van der Waals surface area contributed by atoms with Gasteiger partial charge in [-0.05, 0) is 122 Å². The fourth-order valence-corrected chi connectivity index (χ4v) is 10.8. The number of aliphatic hydroxyl groups is 2. The minimum atomic E-state index is -4.16. The third-order valence-electron chi connectivity index (χ3n) is 10.5. The lowest BCUT2D eigenvalue weighted by atomic mass is 9.54. The summed E-state index contributed by atoms with van der Waals surface area (Å²) in [4.78, 5) is 11.2. The van der Waals surface area contributed by atoms with Gasteiger partial charge in [0.15, 0.2) is 0 Å². The van der Waals surface area contributed by atoms with E-state index in [0.717, 1.165) is 25.7 Å². The maximum Gasteiger partial charge on any atom is 0.305 e. The van der Waals surface area contributed by atoms with Crippen LogP contribution >= 0.6 is 0 Å². The number of nitrogens with zero attached hydrogens (tertiary/aromatic N) is 1. The first-order chi connectivity index (χ1) is 22.3. The van der Waals surface area contributed by atoms with E-state index in [2.05, 4.69) is 4.72 Å². The number of aromatic nitrogens is 1. The molecular weight excluding hydrogens is 626 g/mol. The largest absolute Gasteiger partial charge is 0.481 e. The highest BCUT2D eigenvalue weighted by Gasteiger charge is 2.50. The van der Waals surface area contributed by atoms with E-state index in [0.29, 0.717) is 39.9 Å². The predicted molar refractivity (Wildman–Crippen MR) is 174 cm³/mol. The van der Waals surface area contributed by atoms with Gasteiger partial charge in [0.2, 0.25) is 10.0 Å². The van der Waals surface area contributed by atoms with Crippen LogP contribution in [-0.2, 0) is 21.4 Å². The number of aliphatic carboxylic acids is 1. The molecule has 1 heterocycles. The number of rotatable bonds is 13. The lowest BCUT2D eigenvalue weighted by molar-refractivity contribution is -0.139. The Hall–Kier alpha value is -3.12. The van der Waals surface area contributed by atoms with E-state index in [1.807, 2.05) is 18.4 Å². The van der Waals surface area contributed by atoms with Crippen LogP contribution in [0.4, 0.5) is 8.78 Å². The maximum atomic E-state index is 14.9. The molecule has 254 valence electrons. The molecule has 11 heteroatoms. The molecule has 4 aliphatic carbocycles. The smallest absolute Gasteiger partial charge is 0.305 e. The van der Waals surface area contributed by atoms with Crippen molar-refractivity contribution in [3.8, 4) is 22.4 Å². The standard InChI is InChI=1S/C36H44F2N2O6S/c1-20(2)34-36(47(45,46)39-33-25-14-21-13-22(16-25)17-26(33)15-21)32(23-3-7-27(37)8-4-23)35(24-5-9-28(38)10-6-24)40(34)12-11-29(41)18-30(42)19-31(43)44/h3-10,20-22,25-26,29-30,33,39,41-42H,11-19H2,1-2H3,(H,43,44). The highest BCUT2D eigenvalue weighted by molar-refractivity contribution is 7.89. The number of carboxylic acids is 1. The Morgan fingerprint density at radius 1 is 0.872 bits per heavy atom. The molecule has 0 amide bonds. The first kappa shape index (κ1) is 33.8. The summed E-state index contributed by atoms with van der Waals surface area (Å²) in [6, 6.07) is 11.2. The van der Waals surface area contributed by atoms with E-state index in [1.165, 1.54) is 30.7 Å². The van der Waals surface area contributed by atoms with Crippen molar-refractivity contribution in [1.29, 1.82) is 0 Å². The summed E-state index contributed by atoms with van der Waals surface area (Å²) in [6.45, 7) is 3.91. The van der Waals surface area contributed by atoms with Crippen LogP contribution in [0.25, 0.3) is 22.4 Å². The van der Waals surface area contributed by atoms with E-state index in [4.69, 9.17) is 5.11 Å². The van der Waals surface area contributed by atoms with Gasteiger partial charge in [0.25, 0.3) is 0 Å². The number of carboxylic acid groups (broad SMARTS) is 1. The van der Waals surface area contributed by atoms with Crippen LogP contribution in [0.1, 0.15) is 76.8 Å². The number of halogens is 2. The number of carbonyl (C=O) groups is 1. The van der Waals surface area contributed by atoms with Gasteiger partial charge in [0.05, 0.1) is 24.3 Å². The molecule has 3 aromatic rings. The Morgan fingerprint density at radius 2 is 1.40 bits per heavy atom. The van der Waals surface area contributed by atoms with Crippen molar-refractivity contribution in [2.24, 2.45) is 23.7 Å². The van der Waals surface area contributed by atoms with Crippen LogP contribution in [-0.4, -0.2) is 52.5 Å². The second-order valence-electron chi connectivity index (χ2n) is 14.3. The van der Waals surface area contributed by atoms with Gasteiger partial charge in [-0.1, -0.05) is 26.0 Å². The highest BCUT2D eigenvalue weighted by Crippen LogP contribution is 2.54. The molecule has 0 saturated heterocycles. The van der Waals surface area contributed by atoms with Gasteiger partial charge in [-0.2, -0.15) is 0 Å². The lowest BCUT2D eigenvalue weighted by Crippen LogP contribution is -2.55. The third-order valence-corrected chi connectivity index (χ3v) is 12.0. The van der Waals surface area contributed by atoms with Crippen molar-refractivity contribution in [2.45, 2.75) is 101 Å². The summed E-state index contributed by atoms with van der Waals surface area (Å²) in [5, 5.41) is 30.1. The first-order valence-corrected chi connectivity index (χ1v) is 18.2. The molecule has 0 radical (unpaired) electrons. The lowest BCUT2D eigenvalue weighted by Gasteiger charge is -2.54. The molecule has 2 aromatic carbocycles. The van der Waals surface area contributed by atoms with Crippen molar-refractivity contribution in [2.75, 3.05) is 0 Å². The van der Waals surface area contributed by atoms with Crippen LogP contribution < -0.4 is 4.72 Å². The average molecular weight is 671 g/mol. The molecule has 4 bridgehead atoms. The van der Waals surface area contributed by atoms with E-state index < -0.39 is 46.3 Å². The summed E-state index contributed by atoms with van der Waals surface area (Å²) in [5.74, 6) is -0.549. The predicted octanol–water partition coefficient (Wildman–Crippen LogP) is 6.30. The fraction of sp³-hybridized carbons (Fsp3) is 0.528. The van der Waals surface area contributed by atoms with E-state index in [9.17, 15) is 32.2 Å². The van der Waals surface area contributed by atoms with Crippen molar-refractivity contribution in [3.63, 3.8) is 0 Å². The molecule has 4 saturated carbocycles. The quantitative estimate of drug-likeness (QED) is 0.169. The topological polar surface area (TPSA) is 129 Å². The molecule has 0 spiro atoms. The van der Waals surface area contributed by atoms with Gasteiger partial charge in [-0.15, -0.1) is 0 Å². The molecule has 4 N–H and O–H groups in total. The van der Waals surface area contributed by atoms with E-state index in [1.54, 1.807) is 24.3 Å². The molecule has 2 unspecified atom stereocenters. The summed E-state index contributed by atoms with van der Waals surface area (Å²) in [5.41, 5.74) is 2.39. The van der Waals surface area contributed by atoms with Gasteiger partial charge in [0.1, 0.15) is 16.5 Å². The van der Waals surface area contributed by atoms with Crippen LogP contribution in [0.15, 0.2) is 53.4 Å². The monoisotopic (exact) mass is 670 g/mol. The average Bonchev–Trinajstić information content (AvgIpc) is 3.34. The molecule has 4 fully saturated rings. The van der Waals surface area contributed by atoms with Crippen molar-refractivity contribution >= 4 is 16.0 Å². The number of aliphatic hydroxyl groups excluding tert-OH is 2. The second kappa shape index (κ2) is 13.4. The Labute approximate surface area is 274 Å². The summed E-state index contributed by atoms with van der Waals surface area (Å²) in [7, 11) is -4.16. The minimum absolute atomic E-state index is 0.0879. The Balaban J connectivity index is 1.49. The molecule has 4 aliphatic rings. The Bertz CT molecular complexity index is 1680. The Morgan fingerprint density at radius 3 is 1.91 bits per heavy atom. The normalized spacial score (nSPS) is 25.0. The van der Waals surface area contributed by atoms with Gasteiger partial charge < -0.3 is 19.9 Å². The summed E-state index contributed by atoms with van der Waals surface area (Å²) >= 11 is 0. The van der Waals surface area contributed by atoms with Gasteiger partial charge in [-0.25, -0.2) is 21.9 Å². The zero-order valence-electron chi connectivity index (χ0n) is 26.8. The maximum absolute atomic E-state index is 14.9. The zero-order valence-corrected chi connectivity index (χ0v) is 27.6. The van der Waals surface area contributed by atoms with Crippen molar-refractivity contribution in [3.05, 3.63) is 65.9 Å². The molecule has 0 aliphatic heterocycles. The Kier molecular flexibility index (Phi) is 9.64. The second-order valence-corrected chi connectivity index (χ2v) is 15.9. The van der Waals surface area contributed by atoms with Crippen LogP contribution in [0, 0.1) is 35.3 Å². The van der Waals surface area contributed by atoms with E-state index in [-0.39, 0.29) is 48.1 Å². The van der Waals surface area contributed by atoms with Gasteiger partial charge >= 0.3 is 5.97 Å². The minimum Gasteiger partial charge on any atom is -0.481 e. The molecule has 8 nitrogen and oxygen atoms in total. The van der Waals surface area contributed by atoms with Crippen LogP contribution in [0.5, 0.6) is 0 Å². The molecule has 1 aromatic heterocycles. The van der Waals surface area contributed by atoms with Crippen LogP contribution in [0.2, 0.25) is 0 Å². The zero-order chi connectivity index (χ0) is 33.6. The number of benzene rings is 2. The highest BCUT2D eigenvalue weighted by atomic mass is 32.2. The molecule has 2 atom stereocenters. The van der Waals surface area contributed by atoms with Crippen molar-refractivity contribution in [1.82, 2.24) is 9.29 Å². The number of sulfonamides is 1. The molecular formula is C36H44F2N2O6S. The number of hydrogen-bond donors (Lipinski definition) is 4. The molecule has 7 rings (SSSR count). The van der Waals surface area contributed by atoms with Crippen LogP contribution in [0.3, 0.4) is 0 Å². The van der Waals surface area contributed by atoms with E-state index >= 15 is 0 Å². The third kappa shape index (κ3) is 7.04. The first-order valence-electron chi connectivity index (χ1n) is 16.7. The fourth-order valence-electron chi connectivity index (χ4n) is 8.83. The van der Waals surface area contributed by atoms with Gasteiger partial charge in [-0.3, -0.25) is 4.79 Å². The van der Waals surface area contributed by atoms with Gasteiger partial charge in [0, 0.05) is 23.8 Å². The SMILES string of the molecule is CC(C)c1c(S(=O)(=O)NC2C3CC4CC(C3)CC2C4)c(-c2ccc(F)cc2)c(-c2ccc(F)cc2)n1CCC(O)CC(O)CC(=O)O. The number of hydrogen-bond acceptors (Lipinski definition) is 5. The van der Waals surface area contributed by atoms with Crippen molar-refractivity contribution < 1.29 is 37.3 Å².